The molecule has 0 saturated carbocycles. The fraction of sp³-hybridized carbons (Fsp3) is 0.455. The van der Waals surface area contributed by atoms with Gasteiger partial charge in [0.2, 0.25) is 0 Å². The van der Waals surface area contributed by atoms with Gasteiger partial charge in [0.1, 0.15) is 0 Å². The predicted octanol–water partition coefficient (Wildman–Crippen LogP) is 1.33. The van der Waals surface area contributed by atoms with E-state index in [1.807, 2.05) is 31.6 Å². The Balaban J connectivity index is 0.00000256. The molecule has 0 fully saturated rings. The maximum absolute atomic E-state index is 5.69. The van der Waals surface area contributed by atoms with Crippen molar-refractivity contribution in [3.05, 3.63) is 29.6 Å². The number of hydrogen-bond acceptors (Lipinski definition) is 2. The third-order valence-electron chi connectivity index (χ3n) is 2.08. The molecule has 0 aliphatic carbocycles. The summed E-state index contributed by atoms with van der Waals surface area (Å²) in [7, 11) is 1.90. The minimum atomic E-state index is 0. The fourth-order valence-corrected chi connectivity index (χ4v) is 1.28. The van der Waals surface area contributed by atoms with Crippen LogP contribution in [0, 0.1) is 6.92 Å². The molecule has 5 nitrogen and oxygen atoms in total. The lowest BCUT2D eigenvalue weighted by Gasteiger charge is -2.04. The minimum absolute atomic E-state index is 0. The zero-order valence-corrected chi connectivity index (χ0v) is 12.9. The first kappa shape index (κ1) is 16.0. The predicted molar refractivity (Wildman–Crippen MR) is 81.5 cm³/mol. The van der Waals surface area contributed by atoms with Crippen molar-refractivity contribution >= 4 is 29.9 Å². The van der Waals surface area contributed by atoms with Crippen molar-refractivity contribution in [2.75, 3.05) is 6.54 Å². The van der Waals surface area contributed by atoms with E-state index < -0.39 is 0 Å². The summed E-state index contributed by atoms with van der Waals surface area (Å²) in [5.74, 6) is 0.432. The van der Waals surface area contributed by atoms with Crippen molar-refractivity contribution < 1.29 is 0 Å². The Bertz CT molecular complexity index is 408. The van der Waals surface area contributed by atoms with Crippen molar-refractivity contribution in [1.82, 2.24) is 15.1 Å². The summed E-state index contributed by atoms with van der Waals surface area (Å²) < 4.78 is 1.81. The average Bonchev–Trinajstić information content (AvgIpc) is 2.51. The molecule has 17 heavy (non-hydrogen) atoms. The second kappa shape index (κ2) is 7.31. The lowest BCUT2D eigenvalue weighted by Crippen LogP contribution is -2.32. The molecule has 0 aliphatic heterocycles. The third kappa shape index (κ3) is 5.71. The first-order valence-electron chi connectivity index (χ1n) is 5.16. The average molecular weight is 349 g/mol. The van der Waals surface area contributed by atoms with Crippen molar-refractivity contribution in [2.45, 2.75) is 20.4 Å². The lowest BCUT2D eigenvalue weighted by atomic mass is 10.3. The van der Waals surface area contributed by atoms with Crippen LogP contribution in [0.25, 0.3) is 0 Å². The van der Waals surface area contributed by atoms with E-state index in [2.05, 4.69) is 22.0 Å². The van der Waals surface area contributed by atoms with Gasteiger partial charge in [-0.2, -0.15) is 5.10 Å². The van der Waals surface area contributed by atoms with Crippen molar-refractivity contribution in [3.8, 4) is 0 Å². The number of aryl methyl sites for hydroxylation is 2. The Morgan fingerprint density at radius 2 is 2.29 bits per heavy atom. The first-order chi connectivity index (χ1) is 7.49. The lowest BCUT2D eigenvalue weighted by molar-refractivity contribution is 0.704. The number of halogens is 1. The molecule has 6 heteroatoms. The molecule has 0 aromatic carbocycles. The number of hydrogen-bond donors (Lipinski definition) is 2. The third-order valence-corrected chi connectivity index (χ3v) is 2.08. The van der Waals surface area contributed by atoms with Crippen LogP contribution in [0.5, 0.6) is 0 Å². The summed E-state index contributed by atoms with van der Waals surface area (Å²) in [6.45, 7) is 8.85. The van der Waals surface area contributed by atoms with Gasteiger partial charge in [-0.05, 0) is 19.9 Å². The van der Waals surface area contributed by atoms with Gasteiger partial charge in [0.05, 0.1) is 17.9 Å². The maximum atomic E-state index is 5.69. The maximum Gasteiger partial charge on any atom is 0.189 e. The van der Waals surface area contributed by atoms with Gasteiger partial charge >= 0.3 is 0 Å². The second-order valence-corrected chi connectivity index (χ2v) is 3.91. The molecule has 3 N–H and O–H groups in total. The Hall–Kier alpha value is -1.05. The number of rotatable bonds is 4. The van der Waals surface area contributed by atoms with E-state index in [9.17, 15) is 0 Å². The highest BCUT2D eigenvalue weighted by Gasteiger charge is 2.00. The summed E-state index contributed by atoms with van der Waals surface area (Å²) in [4.78, 5) is 4.22. The van der Waals surface area contributed by atoms with E-state index in [-0.39, 0.29) is 24.0 Å². The molecular weight excluding hydrogens is 329 g/mol. The molecule has 1 aromatic rings. The van der Waals surface area contributed by atoms with Crippen LogP contribution < -0.4 is 11.1 Å². The second-order valence-electron chi connectivity index (χ2n) is 3.91. The first-order valence-corrected chi connectivity index (χ1v) is 5.16. The summed E-state index contributed by atoms with van der Waals surface area (Å²) >= 11 is 0. The van der Waals surface area contributed by atoms with Crippen LogP contribution in [0.2, 0.25) is 0 Å². The van der Waals surface area contributed by atoms with Crippen LogP contribution in [0.4, 0.5) is 0 Å². The van der Waals surface area contributed by atoms with Gasteiger partial charge in [0.25, 0.3) is 0 Å². The summed E-state index contributed by atoms with van der Waals surface area (Å²) in [5.41, 5.74) is 8.74. The van der Waals surface area contributed by atoms with Crippen LogP contribution >= 0.6 is 24.0 Å². The van der Waals surface area contributed by atoms with E-state index in [4.69, 9.17) is 5.73 Å². The van der Waals surface area contributed by atoms with Crippen LogP contribution in [0.15, 0.2) is 23.2 Å². The highest BCUT2D eigenvalue weighted by Crippen LogP contribution is 2.02. The van der Waals surface area contributed by atoms with Crippen LogP contribution in [-0.4, -0.2) is 22.3 Å². The highest BCUT2D eigenvalue weighted by molar-refractivity contribution is 14.0. The largest absolute Gasteiger partial charge is 0.370 e. The zero-order chi connectivity index (χ0) is 12.1. The SMILES string of the molecule is C=C(C)CNC(N)=NCc1cc(C)nn1C.I. The molecule has 1 rings (SSSR count). The number of aromatic nitrogens is 2. The summed E-state index contributed by atoms with van der Waals surface area (Å²) in [6.07, 6.45) is 0. The summed E-state index contributed by atoms with van der Waals surface area (Å²) in [6, 6.07) is 2.00. The van der Waals surface area contributed by atoms with Gasteiger partial charge < -0.3 is 11.1 Å². The van der Waals surface area contributed by atoms with Crippen LogP contribution in [0.3, 0.4) is 0 Å². The molecule has 96 valence electrons. The zero-order valence-electron chi connectivity index (χ0n) is 10.5. The van der Waals surface area contributed by atoms with Crippen molar-refractivity contribution in [2.24, 2.45) is 17.8 Å². The minimum Gasteiger partial charge on any atom is -0.370 e. The number of nitrogens with two attached hydrogens (primary N) is 1. The Kier molecular flexibility index (Phi) is 6.86. The number of aliphatic imine (C=N–C) groups is 1. The van der Waals surface area contributed by atoms with Gasteiger partial charge in [-0.1, -0.05) is 12.2 Å². The van der Waals surface area contributed by atoms with Gasteiger partial charge in [-0.15, -0.1) is 24.0 Å². The molecular formula is C11H20IN5. The molecule has 0 radical (unpaired) electrons. The van der Waals surface area contributed by atoms with E-state index in [0.29, 0.717) is 19.0 Å². The van der Waals surface area contributed by atoms with Crippen molar-refractivity contribution in [3.63, 3.8) is 0 Å². The smallest absolute Gasteiger partial charge is 0.189 e. The topological polar surface area (TPSA) is 68.2 Å². The monoisotopic (exact) mass is 349 g/mol. The molecule has 1 aromatic heterocycles. The molecule has 0 amide bonds. The quantitative estimate of drug-likeness (QED) is 0.373. The Morgan fingerprint density at radius 1 is 1.65 bits per heavy atom. The summed E-state index contributed by atoms with van der Waals surface area (Å²) in [5, 5.41) is 7.21. The highest BCUT2D eigenvalue weighted by atomic mass is 127. The van der Waals surface area contributed by atoms with E-state index in [1.54, 1.807) is 0 Å². The number of nitrogens with one attached hydrogen (secondary N) is 1. The molecule has 0 unspecified atom stereocenters. The molecule has 0 spiro atoms. The number of nitrogens with zero attached hydrogens (tertiary/aromatic N) is 3. The normalized spacial score (nSPS) is 10.9. The standard InChI is InChI=1S/C11H19N5.HI/c1-8(2)6-13-11(12)14-7-10-5-9(3)15-16(10)4;/h5H,1,6-7H2,2-4H3,(H3,12,13,14);1H. The van der Waals surface area contributed by atoms with Crippen LogP contribution in [0.1, 0.15) is 18.3 Å². The van der Waals surface area contributed by atoms with Crippen LogP contribution in [-0.2, 0) is 13.6 Å². The van der Waals surface area contributed by atoms with E-state index in [0.717, 1.165) is 17.0 Å². The molecule has 0 atom stereocenters. The Labute approximate surface area is 119 Å². The van der Waals surface area contributed by atoms with Gasteiger partial charge in [-0.25, -0.2) is 4.99 Å². The van der Waals surface area contributed by atoms with Gasteiger partial charge in [0.15, 0.2) is 5.96 Å². The Morgan fingerprint density at radius 3 is 2.76 bits per heavy atom. The molecule has 0 bridgehead atoms. The molecule has 1 heterocycles. The number of guanidine groups is 1. The van der Waals surface area contributed by atoms with Gasteiger partial charge in [-0.3, -0.25) is 4.68 Å². The van der Waals surface area contributed by atoms with Crippen molar-refractivity contribution in [1.29, 1.82) is 0 Å². The van der Waals surface area contributed by atoms with E-state index >= 15 is 0 Å². The van der Waals surface area contributed by atoms with E-state index in [1.165, 1.54) is 0 Å². The molecule has 0 aliphatic rings. The molecule has 0 saturated heterocycles. The van der Waals surface area contributed by atoms with Gasteiger partial charge in [0, 0.05) is 13.6 Å². The fourth-order valence-electron chi connectivity index (χ4n) is 1.28.